The number of rotatable bonds is 15. The number of ether oxygens (including phenoxy) is 1. The Labute approximate surface area is 367 Å². The quantitative estimate of drug-likeness (QED) is 0.0262. The summed E-state index contributed by atoms with van der Waals surface area (Å²) in [5.41, 5.74) is 4.48. The molecule has 3 heterocycles. The molecular formula is C48H42ClN5O5S2. The standard InChI is InChI=1S/C48H42ClN5O5S2/c1-31(2)59-53-39(38-30-61-47(50-38)52-48(35-22-12-5-13-23-35,36-24-14-6-15-25-36)37-26-16-7-17-27-37)43(55)51-40-44(56)54-41(34(28-49)29-60-45(40)54)46(57)58-42(32-18-8-3-9-19-32)33-20-10-4-11-21-33/h3-27,30-31,40,42,45H,28-29H2,1-2H3,(H,50,52)(H,51,55)/b53-39-/t40?,45-/m0/s1. The van der Waals surface area contributed by atoms with Gasteiger partial charge in [0.15, 0.2) is 16.9 Å². The molecule has 10 nitrogen and oxygen atoms in total. The summed E-state index contributed by atoms with van der Waals surface area (Å²) in [6, 6.07) is 48.2. The van der Waals surface area contributed by atoms with Crippen molar-refractivity contribution in [2.45, 2.75) is 43.0 Å². The molecule has 1 fully saturated rings. The van der Waals surface area contributed by atoms with E-state index >= 15 is 0 Å². The first-order valence-electron chi connectivity index (χ1n) is 19.8. The van der Waals surface area contributed by atoms with Gasteiger partial charge in [0.25, 0.3) is 11.8 Å². The first kappa shape index (κ1) is 41.5. The van der Waals surface area contributed by atoms with Crippen molar-refractivity contribution in [3.05, 3.63) is 202 Å². The predicted octanol–water partition coefficient (Wildman–Crippen LogP) is 8.90. The molecule has 0 saturated carbocycles. The molecule has 0 aliphatic carbocycles. The zero-order valence-electron chi connectivity index (χ0n) is 33.3. The number of oxime groups is 1. The fourth-order valence-corrected chi connectivity index (χ4v) is 9.90. The number of hydrogen-bond acceptors (Lipinski definition) is 10. The number of carbonyl (C=O) groups excluding carboxylic acids is 3. The van der Waals surface area contributed by atoms with E-state index in [0.29, 0.717) is 16.5 Å². The summed E-state index contributed by atoms with van der Waals surface area (Å²) in [7, 11) is 0. The second-order valence-corrected chi connectivity index (χ2v) is 16.9. The van der Waals surface area contributed by atoms with E-state index in [-0.39, 0.29) is 29.1 Å². The number of anilines is 1. The van der Waals surface area contributed by atoms with Crippen molar-refractivity contribution in [3.8, 4) is 0 Å². The summed E-state index contributed by atoms with van der Waals surface area (Å²) in [6.45, 7) is 3.60. The van der Waals surface area contributed by atoms with Crippen LogP contribution in [0.1, 0.15) is 53.5 Å². The number of carbonyl (C=O) groups is 3. The monoisotopic (exact) mass is 867 g/mol. The van der Waals surface area contributed by atoms with E-state index in [4.69, 9.17) is 26.2 Å². The average molecular weight is 868 g/mol. The van der Waals surface area contributed by atoms with Gasteiger partial charge in [-0.05, 0) is 47.2 Å². The Balaban J connectivity index is 1.05. The average Bonchev–Trinajstić information content (AvgIpc) is 3.77. The van der Waals surface area contributed by atoms with Crippen LogP contribution in [0.3, 0.4) is 0 Å². The Morgan fingerprint density at radius 3 is 1.82 bits per heavy atom. The van der Waals surface area contributed by atoms with E-state index in [1.165, 1.54) is 28.0 Å². The van der Waals surface area contributed by atoms with Gasteiger partial charge in [0.2, 0.25) is 0 Å². The van der Waals surface area contributed by atoms with Gasteiger partial charge in [-0.2, -0.15) is 0 Å². The van der Waals surface area contributed by atoms with Crippen LogP contribution in [0.4, 0.5) is 5.13 Å². The summed E-state index contributed by atoms with van der Waals surface area (Å²) in [5, 5.41) is 12.6. The van der Waals surface area contributed by atoms with Gasteiger partial charge >= 0.3 is 5.97 Å². The highest BCUT2D eigenvalue weighted by molar-refractivity contribution is 8.00. The lowest BCUT2D eigenvalue weighted by Crippen LogP contribution is -2.71. The topological polar surface area (TPSA) is 122 Å². The number of alkyl halides is 1. The molecule has 0 bridgehead atoms. The summed E-state index contributed by atoms with van der Waals surface area (Å²) in [5.74, 6) is -1.42. The van der Waals surface area contributed by atoms with Crippen molar-refractivity contribution in [3.63, 3.8) is 0 Å². The smallest absolute Gasteiger partial charge is 0.356 e. The molecular weight excluding hydrogens is 826 g/mol. The Morgan fingerprint density at radius 1 is 0.820 bits per heavy atom. The van der Waals surface area contributed by atoms with Crippen LogP contribution < -0.4 is 10.6 Å². The maximum atomic E-state index is 14.3. The number of nitrogens with zero attached hydrogens (tertiary/aromatic N) is 3. The van der Waals surface area contributed by atoms with Crippen molar-refractivity contribution in [1.29, 1.82) is 0 Å². The lowest BCUT2D eigenvalue weighted by molar-refractivity contribution is -0.154. The van der Waals surface area contributed by atoms with Gasteiger partial charge in [-0.3, -0.25) is 14.5 Å². The molecule has 5 aromatic carbocycles. The van der Waals surface area contributed by atoms with Crippen LogP contribution in [0.5, 0.6) is 0 Å². The molecule has 0 spiro atoms. The normalized spacial score (nSPS) is 16.5. The fraction of sp³-hybridized carbons (Fsp3) is 0.188. The van der Waals surface area contributed by atoms with Crippen molar-refractivity contribution in [2.75, 3.05) is 16.9 Å². The van der Waals surface area contributed by atoms with Crippen molar-refractivity contribution in [1.82, 2.24) is 15.2 Å². The van der Waals surface area contributed by atoms with Crippen LogP contribution in [0, 0.1) is 0 Å². The number of thiazole rings is 1. The summed E-state index contributed by atoms with van der Waals surface area (Å²) in [6.07, 6.45) is -1.08. The number of fused-ring (bicyclic) bond motifs is 1. The highest BCUT2D eigenvalue weighted by Gasteiger charge is 2.55. The van der Waals surface area contributed by atoms with E-state index in [2.05, 4.69) is 52.2 Å². The number of esters is 1. The number of halogens is 1. The third-order valence-corrected chi connectivity index (χ3v) is 12.8. The second-order valence-electron chi connectivity index (χ2n) is 14.7. The van der Waals surface area contributed by atoms with Gasteiger partial charge < -0.3 is 20.2 Å². The SMILES string of the molecule is CC(C)O/N=C(\C(=O)NC1C(=O)N2C(C(=O)OC(c3ccccc3)c3ccccc3)=C(CCl)CS[C@@H]12)c1csc(NC(c2ccccc2)(c2ccccc2)c2ccccc2)n1. The van der Waals surface area contributed by atoms with E-state index in [0.717, 1.165) is 27.8 Å². The summed E-state index contributed by atoms with van der Waals surface area (Å²) < 4.78 is 6.19. The maximum Gasteiger partial charge on any atom is 0.356 e. The third kappa shape index (κ3) is 8.56. The second kappa shape index (κ2) is 18.6. The maximum absolute atomic E-state index is 14.3. The van der Waals surface area contributed by atoms with E-state index in [1.54, 1.807) is 19.2 Å². The first-order valence-corrected chi connectivity index (χ1v) is 22.2. The minimum absolute atomic E-state index is 0.0238. The largest absolute Gasteiger partial charge is 0.448 e. The Kier molecular flexibility index (Phi) is 12.7. The molecule has 1 saturated heterocycles. The Hall–Kier alpha value is -6.21. The molecule has 308 valence electrons. The van der Waals surface area contributed by atoms with Gasteiger partial charge in [0.05, 0.1) is 0 Å². The van der Waals surface area contributed by atoms with Crippen molar-refractivity contribution < 1.29 is 24.0 Å². The van der Waals surface area contributed by atoms with E-state index < -0.39 is 40.8 Å². The Morgan fingerprint density at radius 2 is 1.33 bits per heavy atom. The molecule has 8 rings (SSSR count). The zero-order valence-corrected chi connectivity index (χ0v) is 35.7. The lowest BCUT2D eigenvalue weighted by atomic mass is 9.77. The zero-order chi connectivity index (χ0) is 42.3. The van der Waals surface area contributed by atoms with Crippen LogP contribution in [-0.4, -0.2) is 62.5 Å². The summed E-state index contributed by atoms with van der Waals surface area (Å²) in [4.78, 5) is 54.4. The van der Waals surface area contributed by atoms with Gasteiger partial charge in [0.1, 0.15) is 34.4 Å². The van der Waals surface area contributed by atoms with Gasteiger partial charge in [-0.1, -0.05) is 157 Å². The molecule has 1 aromatic heterocycles. The molecule has 13 heteroatoms. The third-order valence-electron chi connectivity index (χ3n) is 10.3. The molecule has 2 N–H and O–H groups in total. The molecule has 61 heavy (non-hydrogen) atoms. The van der Waals surface area contributed by atoms with Gasteiger partial charge in [-0.15, -0.1) is 34.7 Å². The van der Waals surface area contributed by atoms with Crippen LogP contribution in [0.2, 0.25) is 0 Å². The molecule has 0 radical (unpaired) electrons. The predicted molar refractivity (Wildman–Crippen MR) is 241 cm³/mol. The van der Waals surface area contributed by atoms with Gasteiger partial charge in [-0.25, -0.2) is 9.78 Å². The number of thioether (sulfide) groups is 1. The molecule has 2 atom stereocenters. The lowest BCUT2D eigenvalue weighted by Gasteiger charge is -2.49. The van der Waals surface area contributed by atoms with Crippen LogP contribution in [0.25, 0.3) is 0 Å². The van der Waals surface area contributed by atoms with Crippen molar-refractivity contribution >= 4 is 63.3 Å². The first-order chi connectivity index (χ1) is 29.8. The number of hydrogen-bond donors (Lipinski definition) is 2. The van der Waals surface area contributed by atoms with Crippen molar-refractivity contribution in [2.24, 2.45) is 5.16 Å². The number of β-lactam (4-membered cyclic amide) rings is 1. The highest BCUT2D eigenvalue weighted by Crippen LogP contribution is 2.43. The fourth-order valence-electron chi connectivity index (χ4n) is 7.48. The minimum Gasteiger partial charge on any atom is -0.448 e. The van der Waals surface area contributed by atoms with Crippen LogP contribution in [0.15, 0.2) is 173 Å². The Bertz CT molecular complexity index is 2400. The van der Waals surface area contributed by atoms with Crippen LogP contribution >= 0.6 is 34.7 Å². The molecule has 6 aromatic rings. The molecule has 2 aliphatic heterocycles. The highest BCUT2D eigenvalue weighted by atomic mass is 35.5. The number of benzene rings is 5. The number of aromatic nitrogens is 1. The minimum atomic E-state index is -0.974. The summed E-state index contributed by atoms with van der Waals surface area (Å²) >= 11 is 9.11. The molecule has 2 aliphatic rings. The number of amides is 2. The molecule has 2 amide bonds. The van der Waals surface area contributed by atoms with Crippen LogP contribution in [-0.2, 0) is 29.5 Å². The van der Waals surface area contributed by atoms with E-state index in [9.17, 15) is 14.4 Å². The number of nitrogens with one attached hydrogen (secondary N) is 2. The molecule has 1 unspecified atom stereocenters. The van der Waals surface area contributed by atoms with Gasteiger partial charge in [0, 0.05) is 17.0 Å². The van der Waals surface area contributed by atoms with E-state index in [1.807, 2.05) is 115 Å².